The maximum Gasteiger partial charge on any atom is 0.319 e. The molecular weight excluding hydrogens is 322 g/mol. The minimum Gasteiger partial charge on any atom is -0.481 e. The van der Waals surface area contributed by atoms with Crippen molar-refractivity contribution in [1.29, 1.82) is 0 Å². The number of amides is 2. The standard InChI is InChI=1S/C18H21N3O4/c1-21-12-15(7-9-16(21)22)20-18(25)19-14(8-10-17(23)24)11-13-5-3-2-4-6-13/h2-7,9,12,14H,8,10-11H2,1H3,(H,23,24)(H2,19,20,25). The van der Waals surface area contributed by atoms with Crippen molar-refractivity contribution in [3.63, 3.8) is 0 Å². The van der Waals surface area contributed by atoms with Crippen LogP contribution in [0.5, 0.6) is 0 Å². The van der Waals surface area contributed by atoms with Gasteiger partial charge in [-0.25, -0.2) is 4.79 Å². The van der Waals surface area contributed by atoms with Gasteiger partial charge in [0.1, 0.15) is 0 Å². The second kappa shape index (κ2) is 8.68. The molecule has 0 aliphatic rings. The summed E-state index contributed by atoms with van der Waals surface area (Å²) in [4.78, 5) is 34.4. The zero-order chi connectivity index (χ0) is 18.2. The Balaban J connectivity index is 2.00. The van der Waals surface area contributed by atoms with Gasteiger partial charge in [0.05, 0.1) is 5.69 Å². The van der Waals surface area contributed by atoms with E-state index < -0.39 is 12.0 Å². The van der Waals surface area contributed by atoms with Gasteiger partial charge in [-0.2, -0.15) is 0 Å². The summed E-state index contributed by atoms with van der Waals surface area (Å²) in [6.45, 7) is 0. The highest BCUT2D eigenvalue weighted by Crippen LogP contribution is 2.09. The third-order valence-corrected chi connectivity index (χ3v) is 3.71. The molecule has 132 valence electrons. The van der Waals surface area contributed by atoms with Crippen molar-refractivity contribution < 1.29 is 14.7 Å². The van der Waals surface area contributed by atoms with Crippen molar-refractivity contribution in [2.24, 2.45) is 7.05 Å². The molecular formula is C18H21N3O4. The number of aromatic nitrogens is 1. The Morgan fingerprint density at radius 3 is 2.52 bits per heavy atom. The molecule has 1 heterocycles. The first kappa shape index (κ1) is 18.3. The fourth-order valence-electron chi connectivity index (χ4n) is 2.44. The Bertz CT molecular complexity index is 786. The largest absolute Gasteiger partial charge is 0.481 e. The van der Waals surface area contributed by atoms with Crippen molar-refractivity contribution >= 4 is 17.7 Å². The van der Waals surface area contributed by atoms with Gasteiger partial charge in [0.25, 0.3) is 0 Å². The van der Waals surface area contributed by atoms with E-state index in [4.69, 9.17) is 5.11 Å². The minimum absolute atomic E-state index is 0.0301. The first-order chi connectivity index (χ1) is 11.9. The van der Waals surface area contributed by atoms with Gasteiger partial charge in [-0.3, -0.25) is 9.59 Å². The number of carbonyl (C=O) groups excluding carboxylic acids is 1. The number of pyridine rings is 1. The van der Waals surface area contributed by atoms with E-state index in [1.54, 1.807) is 7.05 Å². The van der Waals surface area contributed by atoms with E-state index in [0.717, 1.165) is 5.56 Å². The number of hydrogen-bond donors (Lipinski definition) is 3. The molecule has 1 aromatic carbocycles. The first-order valence-electron chi connectivity index (χ1n) is 7.94. The van der Waals surface area contributed by atoms with Gasteiger partial charge in [-0.05, 0) is 24.5 Å². The highest BCUT2D eigenvalue weighted by atomic mass is 16.4. The molecule has 2 amide bonds. The number of carboxylic acids is 1. The molecule has 0 radical (unpaired) electrons. The molecule has 1 unspecified atom stereocenters. The fourth-order valence-corrected chi connectivity index (χ4v) is 2.44. The molecule has 0 spiro atoms. The molecule has 2 aromatic rings. The Morgan fingerprint density at radius 2 is 1.88 bits per heavy atom. The Morgan fingerprint density at radius 1 is 1.16 bits per heavy atom. The van der Waals surface area contributed by atoms with E-state index in [0.29, 0.717) is 18.5 Å². The molecule has 1 aromatic heterocycles. The summed E-state index contributed by atoms with van der Waals surface area (Å²) in [5, 5.41) is 14.4. The maximum atomic E-state index is 12.2. The molecule has 0 fully saturated rings. The normalized spacial score (nSPS) is 11.6. The van der Waals surface area contributed by atoms with Crippen LogP contribution in [0, 0.1) is 0 Å². The van der Waals surface area contributed by atoms with Crippen molar-refractivity contribution in [2.75, 3.05) is 5.32 Å². The topological polar surface area (TPSA) is 100 Å². The van der Waals surface area contributed by atoms with Crippen LogP contribution in [0.2, 0.25) is 0 Å². The molecule has 3 N–H and O–H groups in total. The summed E-state index contributed by atoms with van der Waals surface area (Å²) in [5.74, 6) is -0.904. The molecule has 7 nitrogen and oxygen atoms in total. The van der Waals surface area contributed by atoms with Gasteiger partial charge in [0.15, 0.2) is 0 Å². The van der Waals surface area contributed by atoms with Crippen LogP contribution in [0.25, 0.3) is 0 Å². The molecule has 2 rings (SSSR count). The summed E-state index contributed by atoms with van der Waals surface area (Å²) in [6, 6.07) is 11.7. The van der Waals surface area contributed by atoms with Crippen LogP contribution >= 0.6 is 0 Å². The van der Waals surface area contributed by atoms with Crippen LogP contribution < -0.4 is 16.2 Å². The van der Waals surface area contributed by atoms with E-state index in [2.05, 4.69) is 10.6 Å². The second-order valence-corrected chi connectivity index (χ2v) is 5.78. The number of aliphatic carboxylic acids is 1. The van der Waals surface area contributed by atoms with Crippen LogP contribution in [-0.4, -0.2) is 27.7 Å². The fraction of sp³-hybridized carbons (Fsp3) is 0.278. The average molecular weight is 343 g/mol. The van der Waals surface area contributed by atoms with Gasteiger partial charge >= 0.3 is 12.0 Å². The second-order valence-electron chi connectivity index (χ2n) is 5.78. The van der Waals surface area contributed by atoms with Crippen LogP contribution in [0.15, 0.2) is 53.5 Å². The quantitative estimate of drug-likeness (QED) is 0.715. The lowest BCUT2D eigenvalue weighted by Crippen LogP contribution is -2.39. The van der Waals surface area contributed by atoms with Crippen LogP contribution in [0.3, 0.4) is 0 Å². The molecule has 25 heavy (non-hydrogen) atoms. The Kier molecular flexibility index (Phi) is 6.33. The zero-order valence-corrected chi connectivity index (χ0v) is 13.9. The van der Waals surface area contributed by atoms with Gasteiger partial charge in [0, 0.05) is 31.8 Å². The molecule has 0 saturated heterocycles. The third kappa shape index (κ3) is 6.14. The monoisotopic (exact) mass is 343 g/mol. The van der Waals surface area contributed by atoms with Crippen LogP contribution in [0.4, 0.5) is 10.5 Å². The Labute approximate surface area is 145 Å². The maximum absolute atomic E-state index is 12.2. The zero-order valence-electron chi connectivity index (χ0n) is 13.9. The molecule has 1 atom stereocenters. The number of carboxylic acid groups (broad SMARTS) is 1. The summed E-state index contributed by atoms with van der Waals surface area (Å²) < 4.78 is 1.36. The predicted octanol–water partition coefficient (Wildman–Crippen LogP) is 1.98. The van der Waals surface area contributed by atoms with Gasteiger partial charge < -0.3 is 20.3 Å². The summed E-state index contributed by atoms with van der Waals surface area (Å²) in [7, 11) is 1.59. The molecule has 0 saturated carbocycles. The van der Waals surface area contributed by atoms with Crippen LogP contribution in [-0.2, 0) is 18.3 Å². The number of anilines is 1. The molecule has 0 aliphatic heterocycles. The van der Waals surface area contributed by atoms with E-state index in [1.165, 1.54) is 22.9 Å². The van der Waals surface area contributed by atoms with E-state index >= 15 is 0 Å². The number of nitrogens with zero attached hydrogens (tertiary/aromatic N) is 1. The number of benzene rings is 1. The summed E-state index contributed by atoms with van der Waals surface area (Å²) >= 11 is 0. The van der Waals surface area contributed by atoms with Crippen LogP contribution in [0.1, 0.15) is 18.4 Å². The smallest absolute Gasteiger partial charge is 0.319 e. The number of carbonyl (C=O) groups is 2. The minimum atomic E-state index is -0.904. The molecule has 7 heteroatoms. The molecule has 0 aliphatic carbocycles. The van der Waals surface area contributed by atoms with Gasteiger partial charge in [-0.1, -0.05) is 30.3 Å². The van der Waals surface area contributed by atoms with E-state index in [-0.39, 0.29) is 18.0 Å². The van der Waals surface area contributed by atoms with E-state index in [9.17, 15) is 14.4 Å². The van der Waals surface area contributed by atoms with Crippen molar-refractivity contribution in [1.82, 2.24) is 9.88 Å². The number of urea groups is 1. The summed E-state index contributed by atoms with van der Waals surface area (Å²) in [6.07, 6.45) is 2.35. The number of hydrogen-bond acceptors (Lipinski definition) is 3. The number of nitrogens with one attached hydrogen (secondary N) is 2. The first-order valence-corrected chi connectivity index (χ1v) is 7.94. The van der Waals surface area contributed by atoms with Gasteiger partial charge in [-0.15, -0.1) is 0 Å². The average Bonchev–Trinajstić information content (AvgIpc) is 2.57. The number of aryl methyl sites for hydroxylation is 1. The Hall–Kier alpha value is -3.09. The third-order valence-electron chi connectivity index (χ3n) is 3.71. The predicted molar refractivity (Wildman–Crippen MR) is 94.6 cm³/mol. The SMILES string of the molecule is Cn1cc(NC(=O)NC(CCC(=O)O)Cc2ccccc2)ccc1=O. The highest BCUT2D eigenvalue weighted by molar-refractivity contribution is 5.89. The van der Waals surface area contributed by atoms with Crippen molar-refractivity contribution in [2.45, 2.75) is 25.3 Å². The van der Waals surface area contributed by atoms with Crippen molar-refractivity contribution in [3.8, 4) is 0 Å². The van der Waals surface area contributed by atoms with E-state index in [1.807, 2.05) is 30.3 Å². The van der Waals surface area contributed by atoms with Gasteiger partial charge in [0.2, 0.25) is 5.56 Å². The lowest BCUT2D eigenvalue weighted by molar-refractivity contribution is -0.137. The molecule has 0 bridgehead atoms. The summed E-state index contributed by atoms with van der Waals surface area (Å²) in [5.41, 5.74) is 1.32. The van der Waals surface area contributed by atoms with Crippen molar-refractivity contribution in [3.05, 3.63) is 64.6 Å². The number of rotatable bonds is 7. The lowest BCUT2D eigenvalue weighted by atomic mass is 10.0. The lowest BCUT2D eigenvalue weighted by Gasteiger charge is -2.19. The highest BCUT2D eigenvalue weighted by Gasteiger charge is 2.15.